The SMILES string of the molecule is O=C(O)c1cn(-c2ccccn2)nc1Cl. The summed E-state index contributed by atoms with van der Waals surface area (Å²) in [4.78, 5) is 14.7. The summed E-state index contributed by atoms with van der Waals surface area (Å²) in [5.74, 6) is -0.589. The molecule has 0 atom stereocenters. The molecule has 0 aliphatic heterocycles. The molecule has 0 spiro atoms. The molecule has 0 unspecified atom stereocenters. The van der Waals surface area contributed by atoms with E-state index in [0.717, 1.165) is 0 Å². The molecular formula is C9H6ClN3O2. The summed E-state index contributed by atoms with van der Waals surface area (Å²) in [6.45, 7) is 0. The smallest absolute Gasteiger partial charge is 0.340 e. The van der Waals surface area contributed by atoms with Crippen LogP contribution in [0, 0.1) is 0 Å². The molecule has 2 heterocycles. The molecule has 2 aromatic rings. The summed E-state index contributed by atoms with van der Waals surface area (Å²) in [6, 6.07) is 5.24. The second-order valence-electron chi connectivity index (χ2n) is 2.77. The van der Waals surface area contributed by atoms with Gasteiger partial charge >= 0.3 is 5.97 Å². The Kier molecular flexibility index (Phi) is 2.39. The largest absolute Gasteiger partial charge is 0.478 e. The highest BCUT2D eigenvalue weighted by molar-refractivity contribution is 6.32. The third-order valence-electron chi connectivity index (χ3n) is 1.78. The molecule has 76 valence electrons. The van der Waals surface area contributed by atoms with Crippen molar-refractivity contribution in [3.63, 3.8) is 0 Å². The van der Waals surface area contributed by atoms with Crippen molar-refractivity contribution in [2.24, 2.45) is 0 Å². The van der Waals surface area contributed by atoms with Crippen LogP contribution in [0.2, 0.25) is 5.15 Å². The van der Waals surface area contributed by atoms with Crippen LogP contribution in [0.4, 0.5) is 0 Å². The number of aromatic carboxylic acids is 1. The molecule has 15 heavy (non-hydrogen) atoms. The zero-order valence-corrected chi connectivity index (χ0v) is 8.22. The minimum Gasteiger partial charge on any atom is -0.478 e. The van der Waals surface area contributed by atoms with E-state index < -0.39 is 5.97 Å². The van der Waals surface area contributed by atoms with Crippen molar-refractivity contribution in [1.29, 1.82) is 0 Å². The van der Waals surface area contributed by atoms with Gasteiger partial charge in [0.25, 0.3) is 0 Å². The molecule has 2 rings (SSSR count). The number of pyridine rings is 1. The Morgan fingerprint density at radius 2 is 2.27 bits per heavy atom. The first kappa shape index (κ1) is 9.67. The third kappa shape index (κ3) is 1.82. The summed E-state index contributed by atoms with van der Waals surface area (Å²) < 4.78 is 1.33. The molecule has 0 saturated carbocycles. The first-order valence-electron chi connectivity index (χ1n) is 4.08. The van der Waals surface area contributed by atoms with Gasteiger partial charge in [-0.25, -0.2) is 14.5 Å². The molecule has 0 saturated heterocycles. The van der Waals surface area contributed by atoms with Crippen LogP contribution in [0.3, 0.4) is 0 Å². The van der Waals surface area contributed by atoms with E-state index in [2.05, 4.69) is 10.1 Å². The lowest BCUT2D eigenvalue weighted by atomic mass is 10.4. The molecule has 6 heteroatoms. The van der Waals surface area contributed by atoms with Gasteiger partial charge < -0.3 is 5.11 Å². The van der Waals surface area contributed by atoms with Gasteiger partial charge in [-0.15, -0.1) is 0 Å². The highest BCUT2D eigenvalue weighted by Gasteiger charge is 2.14. The average molecular weight is 224 g/mol. The van der Waals surface area contributed by atoms with Gasteiger partial charge in [-0.3, -0.25) is 0 Å². The fraction of sp³-hybridized carbons (Fsp3) is 0. The van der Waals surface area contributed by atoms with E-state index in [0.29, 0.717) is 5.82 Å². The lowest BCUT2D eigenvalue weighted by Crippen LogP contribution is -1.97. The predicted molar refractivity (Wildman–Crippen MR) is 53.3 cm³/mol. The summed E-state index contributed by atoms with van der Waals surface area (Å²) >= 11 is 5.65. The lowest BCUT2D eigenvalue weighted by molar-refractivity contribution is 0.0697. The van der Waals surface area contributed by atoms with Crippen LogP contribution in [0.5, 0.6) is 0 Å². The van der Waals surface area contributed by atoms with E-state index in [-0.39, 0.29) is 10.7 Å². The number of carboxylic acid groups (broad SMARTS) is 1. The van der Waals surface area contributed by atoms with Gasteiger partial charge in [-0.1, -0.05) is 17.7 Å². The zero-order chi connectivity index (χ0) is 10.8. The number of hydrogen-bond acceptors (Lipinski definition) is 3. The van der Waals surface area contributed by atoms with Gasteiger partial charge in [0.1, 0.15) is 5.56 Å². The van der Waals surface area contributed by atoms with Crippen LogP contribution in [-0.4, -0.2) is 25.8 Å². The van der Waals surface area contributed by atoms with Crippen molar-refractivity contribution in [3.05, 3.63) is 41.3 Å². The molecule has 0 fully saturated rings. The van der Waals surface area contributed by atoms with Crippen LogP contribution in [0.15, 0.2) is 30.6 Å². The van der Waals surface area contributed by atoms with E-state index in [1.807, 2.05) is 0 Å². The Morgan fingerprint density at radius 3 is 2.80 bits per heavy atom. The number of rotatable bonds is 2. The molecule has 0 aliphatic rings. The number of carbonyl (C=O) groups is 1. The van der Waals surface area contributed by atoms with Crippen molar-refractivity contribution in [2.45, 2.75) is 0 Å². The second kappa shape index (κ2) is 3.70. The fourth-order valence-electron chi connectivity index (χ4n) is 1.10. The monoisotopic (exact) mass is 223 g/mol. The maximum absolute atomic E-state index is 10.7. The minimum atomic E-state index is -1.11. The van der Waals surface area contributed by atoms with E-state index in [4.69, 9.17) is 16.7 Å². The molecule has 0 bridgehead atoms. The molecule has 0 aliphatic carbocycles. The van der Waals surface area contributed by atoms with Gasteiger partial charge in [0.2, 0.25) is 0 Å². The number of nitrogens with zero attached hydrogens (tertiary/aromatic N) is 3. The number of carboxylic acids is 1. The fourth-order valence-corrected chi connectivity index (χ4v) is 1.31. The highest BCUT2D eigenvalue weighted by atomic mass is 35.5. The standard InChI is InChI=1S/C9H6ClN3O2/c10-8-6(9(14)15)5-13(12-8)7-3-1-2-4-11-7/h1-5H,(H,14,15). The molecule has 0 aromatic carbocycles. The summed E-state index contributed by atoms with van der Waals surface area (Å²) in [5.41, 5.74) is -0.0395. The first-order valence-corrected chi connectivity index (χ1v) is 4.46. The highest BCUT2D eigenvalue weighted by Crippen LogP contribution is 2.15. The second-order valence-corrected chi connectivity index (χ2v) is 3.13. The number of aromatic nitrogens is 3. The van der Waals surface area contributed by atoms with Crippen molar-refractivity contribution >= 4 is 17.6 Å². The molecule has 0 amide bonds. The first-order chi connectivity index (χ1) is 7.18. The summed E-state index contributed by atoms with van der Waals surface area (Å²) in [7, 11) is 0. The predicted octanol–water partition coefficient (Wildman–Crippen LogP) is 1.62. The summed E-state index contributed by atoms with van der Waals surface area (Å²) in [5, 5.41) is 12.6. The van der Waals surface area contributed by atoms with Gasteiger partial charge in [0.05, 0.1) is 0 Å². The van der Waals surface area contributed by atoms with E-state index in [9.17, 15) is 4.79 Å². The average Bonchev–Trinajstić information content (AvgIpc) is 2.62. The van der Waals surface area contributed by atoms with Gasteiger partial charge in [0, 0.05) is 12.4 Å². The van der Waals surface area contributed by atoms with Crippen LogP contribution in [0.25, 0.3) is 5.82 Å². The van der Waals surface area contributed by atoms with Crippen LogP contribution >= 0.6 is 11.6 Å². The van der Waals surface area contributed by atoms with E-state index in [1.54, 1.807) is 24.4 Å². The molecule has 5 nitrogen and oxygen atoms in total. The minimum absolute atomic E-state index is 0.0395. The van der Waals surface area contributed by atoms with Gasteiger partial charge in [-0.05, 0) is 12.1 Å². The van der Waals surface area contributed by atoms with Crippen molar-refractivity contribution in [3.8, 4) is 5.82 Å². The molecular weight excluding hydrogens is 218 g/mol. The molecule has 2 aromatic heterocycles. The Morgan fingerprint density at radius 1 is 1.47 bits per heavy atom. The maximum Gasteiger partial charge on any atom is 0.340 e. The Bertz CT molecular complexity index is 495. The Hall–Kier alpha value is -1.88. The van der Waals surface area contributed by atoms with Gasteiger partial charge in [0.15, 0.2) is 11.0 Å². The summed E-state index contributed by atoms with van der Waals surface area (Å²) in [6.07, 6.45) is 2.92. The van der Waals surface area contributed by atoms with Crippen molar-refractivity contribution in [2.75, 3.05) is 0 Å². The Labute approximate surface area is 89.9 Å². The quantitative estimate of drug-likeness (QED) is 0.840. The Balaban J connectivity index is 2.48. The van der Waals surface area contributed by atoms with Gasteiger partial charge in [-0.2, -0.15) is 5.10 Å². The number of halogens is 1. The lowest BCUT2D eigenvalue weighted by Gasteiger charge is -1.96. The van der Waals surface area contributed by atoms with E-state index >= 15 is 0 Å². The van der Waals surface area contributed by atoms with Crippen molar-refractivity contribution in [1.82, 2.24) is 14.8 Å². The topological polar surface area (TPSA) is 68.0 Å². The van der Waals surface area contributed by atoms with Crippen LogP contribution in [-0.2, 0) is 0 Å². The van der Waals surface area contributed by atoms with E-state index in [1.165, 1.54) is 10.9 Å². The molecule has 1 N–H and O–H groups in total. The molecule has 0 radical (unpaired) electrons. The maximum atomic E-state index is 10.7. The number of hydrogen-bond donors (Lipinski definition) is 1. The third-order valence-corrected chi connectivity index (χ3v) is 2.06. The zero-order valence-electron chi connectivity index (χ0n) is 7.46. The van der Waals surface area contributed by atoms with Crippen molar-refractivity contribution < 1.29 is 9.90 Å². The van der Waals surface area contributed by atoms with Crippen LogP contribution < -0.4 is 0 Å². The normalized spacial score (nSPS) is 10.2. The van der Waals surface area contributed by atoms with Crippen LogP contribution in [0.1, 0.15) is 10.4 Å².